The van der Waals surface area contributed by atoms with Crippen molar-refractivity contribution in [2.24, 2.45) is 0 Å². The lowest BCUT2D eigenvalue weighted by atomic mass is 10.4. The Morgan fingerprint density at radius 3 is 2.79 bits per heavy atom. The van der Waals surface area contributed by atoms with Crippen molar-refractivity contribution in [2.45, 2.75) is 0 Å². The minimum absolute atomic E-state index is 0.134. The molecule has 0 fully saturated rings. The van der Waals surface area contributed by atoms with Crippen molar-refractivity contribution in [1.29, 1.82) is 0 Å². The van der Waals surface area contributed by atoms with Gasteiger partial charge in [-0.25, -0.2) is 14.8 Å². The molecule has 1 aromatic heterocycles. The van der Waals surface area contributed by atoms with E-state index in [9.17, 15) is 4.79 Å². The molecule has 6 heteroatoms. The summed E-state index contributed by atoms with van der Waals surface area (Å²) in [5.74, 6) is -0.956. The van der Waals surface area contributed by atoms with E-state index in [0.717, 1.165) is 0 Å². The average Bonchev–Trinajstić information content (AvgIpc) is 2.15. The number of carboxylic acids is 1. The van der Waals surface area contributed by atoms with Crippen LogP contribution in [0, 0.1) is 0 Å². The molecule has 1 rings (SSSR count). The monoisotopic (exact) mass is 213 g/mol. The zero-order valence-electron chi connectivity index (χ0n) is 7.20. The molecular weight excluding hydrogens is 206 g/mol. The number of aromatic carboxylic acids is 1. The minimum Gasteiger partial charge on any atom is -0.476 e. The van der Waals surface area contributed by atoms with Crippen LogP contribution in [0.5, 0.6) is 0 Å². The molecule has 0 saturated carbocycles. The van der Waals surface area contributed by atoms with E-state index in [4.69, 9.17) is 16.7 Å². The molecule has 0 unspecified atom stereocenters. The number of aromatic nitrogens is 2. The summed E-state index contributed by atoms with van der Waals surface area (Å²) in [6, 6.07) is 0. The van der Waals surface area contributed by atoms with Crippen LogP contribution in [0.4, 0.5) is 5.82 Å². The van der Waals surface area contributed by atoms with Crippen LogP contribution < -0.4 is 5.32 Å². The fourth-order valence-corrected chi connectivity index (χ4v) is 0.870. The van der Waals surface area contributed by atoms with E-state index in [0.29, 0.717) is 5.03 Å². The maximum atomic E-state index is 10.7. The zero-order chi connectivity index (χ0) is 10.6. The normalized spacial score (nSPS) is 9.50. The molecule has 0 amide bonds. The summed E-state index contributed by atoms with van der Waals surface area (Å²) in [7, 11) is 0. The highest BCUT2D eigenvalue weighted by atomic mass is 35.5. The van der Waals surface area contributed by atoms with Gasteiger partial charge in [0, 0.05) is 17.4 Å². The molecule has 0 saturated heterocycles. The van der Waals surface area contributed by atoms with Crippen LogP contribution in [0.3, 0.4) is 0 Å². The second-order valence-electron chi connectivity index (χ2n) is 2.43. The summed E-state index contributed by atoms with van der Waals surface area (Å²) in [6.45, 7) is 3.70. The molecule has 2 N–H and O–H groups in total. The topological polar surface area (TPSA) is 75.1 Å². The Labute approximate surface area is 85.4 Å². The number of halogens is 1. The Morgan fingerprint density at radius 1 is 1.57 bits per heavy atom. The number of rotatable bonds is 4. The highest BCUT2D eigenvalue weighted by Crippen LogP contribution is 2.09. The quantitative estimate of drug-likeness (QED) is 0.790. The first kappa shape index (κ1) is 10.5. The summed E-state index contributed by atoms with van der Waals surface area (Å²) in [6.07, 6.45) is 2.70. The van der Waals surface area contributed by atoms with Crippen LogP contribution >= 0.6 is 11.6 Å². The van der Waals surface area contributed by atoms with E-state index in [1.165, 1.54) is 12.4 Å². The van der Waals surface area contributed by atoms with E-state index < -0.39 is 5.97 Å². The largest absolute Gasteiger partial charge is 0.476 e. The maximum absolute atomic E-state index is 10.7. The molecule has 1 heterocycles. The third kappa shape index (κ3) is 2.70. The van der Waals surface area contributed by atoms with E-state index in [1.54, 1.807) is 0 Å². The first-order chi connectivity index (χ1) is 6.61. The lowest BCUT2D eigenvalue weighted by Gasteiger charge is -2.05. The van der Waals surface area contributed by atoms with Gasteiger partial charge in [0.25, 0.3) is 0 Å². The Morgan fingerprint density at radius 2 is 2.21 bits per heavy atom. The lowest BCUT2D eigenvalue weighted by Crippen LogP contribution is -2.10. The fraction of sp³-hybridized carbons (Fsp3) is 0.125. The summed E-state index contributed by atoms with van der Waals surface area (Å²) in [5, 5.41) is 11.8. The Hall–Kier alpha value is -1.62. The number of nitrogens with one attached hydrogen (secondary N) is 1. The summed E-state index contributed by atoms with van der Waals surface area (Å²) < 4.78 is 0. The predicted octanol–water partition coefficient (Wildman–Crippen LogP) is 1.34. The van der Waals surface area contributed by atoms with Crippen LogP contribution in [0.1, 0.15) is 10.5 Å². The maximum Gasteiger partial charge on any atom is 0.358 e. The van der Waals surface area contributed by atoms with Crippen molar-refractivity contribution >= 4 is 23.4 Å². The number of hydrogen-bond donors (Lipinski definition) is 2. The highest BCUT2D eigenvalue weighted by Gasteiger charge is 2.11. The second-order valence-corrected chi connectivity index (χ2v) is 2.96. The van der Waals surface area contributed by atoms with Crippen molar-refractivity contribution in [3.8, 4) is 0 Å². The van der Waals surface area contributed by atoms with Gasteiger partial charge in [-0.3, -0.25) is 0 Å². The standard InChI is InChI=1S/C8H8ClN3O2/c1-5(9)4-12-7-6(8(13)14)10-2-3-11-7/h2-3H,1,4H2,(H,11,12)(H,13,14). The number of nitrogens with zero attached hydrogens (tertiary/aromatic N) is 2. The van der Waals surface area contributed by atoms with Gasteiger partial charge in [0.05, 0.1) is 6.54 Å². The summed E-state index contributed by atoms with van der Waals surface area (Å²) >= 11 is 5.51. The molecule has 1 aromatic rings. The lowest BCUT2D eigenvalue weighted by molar-refractivity contribution is 0.0691. The van der Waals surface area contributed by atoms with Crippen molar-refractivity contribution in [3.63, 3.8) is 0 Å². The molecule has 0 spiro atoms. The van der Waals surface area contributed by atoms with Gasteiger partial charge in [0.1, 0.15) is 0 Å². The fourth-order valence-electron chi connectivity index (χ4n) is 0.804. The van der Waals surface area contributed by atoms with Gasteiger partial charge in [0.2, 0.25) is 0 Å². The van der Waals surface area contributed by atoms with Gasteiger partial charge in [0.15, 0.2) is 11.5 Å². The zero-order valence-corrected chi connectivity index (χ0v) is 7.95. The van der Waals surface area contributed by atoms with Gasteiger partial charge in [-0.2, -0.15) is 0 Å². The molecule has 14 heavy (non-hydrogen) atoms. The molecule has 0 aliphatic carbocycles. The van der Waals surface area contributed by atoms with Gasteiger partial charge in [-0.15, -0.1) is 0 Å². The van der Waals surface area contributed by atoms with Crippen LogP contribution in [-0.2, 0) is 0 Å². The van der Waals surface area contributed by atoms with Crippen molar-refractivity contribution in [1.82, 2.24) is 9.97 Å². The van der Waals surface area contributed by atoms with Crippen molar-refractivity contribution in [2.75, 3.05) is 11.9 Å². The smallest absolute Gasteiger partial charge is 0.358 e. The number of carboxylic acid groups (broad SMARTS) is 1. The second kappa shape index (κ2) is 4.57. The van der Waals surface area contributed by atoms with Crippen LogP contribution in [0.2, 0.25) is 0 Å². The minimum atomic E-state index is -1.14. The number of hydrogen-bond acceptors (Lipinski definition) is 4. The molecule has 0 radical (unpaired) electrons. The third-order valence-corrected chi connectivity index (χ3v) is 1.48. The van der Waals surface area contributed by atoms with Crippen LogP contribution in [0.25, 0.3) is 0 Å². The average molecular weight is 214 g/mol. The van der Waals surface area contributed by atoms with E-state index in [1.807, 2.05) is 0 Å². The highest BCUT2D eigenvalue weighted by molar-refractivity contribution is 6.29. The van der Waals surface area contributed by atoms with E-state index in [2.05, 4.69) is 21.9 Å². The molecule has 0 aromatic carbocycles. The van der Waals surface area contributed by atoms with Gasteiger partial charge in [-0.1, -0.05) is 18.2 Å². The molecule has 0 aliphatic rings. The first-order valence-electron chi connectivity index (χ1n) is 3.72. The van der Waals surface area contributed by atoms with Gasteiger partial charge in [-0.05, 0) is 0 Å². The van der Waals surface area contributed by atoms with E-state index >= 15 is 0 Å². The van der Waals surface area contributed by atoms with E-state index in [-0.39, 0.29) is 18.1 Å². The Bertz CT molecular complexity index is 367. The molecule has 5 nitrogen and oxygen atoms in total. The predicted molar refractivity (Wildman–Crippen MR) is 52.5 cm³/mol. The van der Waals surface area contributed by atoms with Gasteiger partial charge >= 0.3 is 5.97 Å². The third-order valence-electron chi connectivity index (χ3n) is 1.35. The summed E-state index contributed by atoms with van der Waals surface area (Å²) in [5.41, 5.74) is -0.134. The molecule has 0 aliphatic heterocycles. The van der Waals surface area contributed by atoms with Crippen molar-refractivity contribution in [3.05, 3.63) is 29.7 Å². The SMILES string of the molecule is C=C(Cl)CNc1nccnc1C(=O)O. The van der Waals surface area contributed by atoms with Crippen molar-refractivity contribution < 1.29 is 9.90 Å². The summed E-state index contributed by atoms with van der Waals surface area (Å²) in [4.78, 5) is 18.1. The Kier molecular flexibility index (Phi) is 3.41. The molecule has 0 atom stereocenters. The van der Waals surface area contributed by atoms with Crippen LogP contribution in [0.15, 0.2) is 24.0 Å². The molecular formula is C8H8ClN3O2. The molecule has 0 bridgehead atoms. The first-order valence-corrected chi connectivity index (χ1v) is 4.10. The van der Waals surface area contributed by atoms with Gasteiger partial charge < -0.3 is 10.4 Å². The Balaban J connectivity index is 2.84. The van der Waals surface area contributed by atoms with Crippen LogP contribution in [-0.4, -0.2) is 27.6 Å². The molecule has 74 valence electrons. The number of anilines is 1. The number of carbonyl (C=O) groups is 1.